The van der Waals surface area contributed by atoms with Gasteiger partial charge in [0.1, 0.15) is 11.4 Å². The summed E-state index contributed by atoms with van der Waals surface area (Å²) in [7, 11) is 0. The Morgan fingerprint density at radius 1 is 1.22 bits per heavy atom. The topological polar surface area (TPSA) is 55.3 Å². The fraction of sp³-hybridized carbons (Fsp3) is 0.353. The average Bonchev–Trinajstić information content (AvgIpc) is 2.44. The zero-order valence-electron chi connectivity index (χ0n) is 13.7. The van der Waals surface area contributed by atoms with E-state index in [0.717, 1.165) is 11.1 Å². The molecule has 0 unspecified atom stereocenters. The van der Waals surface area contributed by atoms with Crippen molar-refractivity contribution in [3.05, 3.63) is 52.9 Å². The number of amides is 1. The molecule has 5 nitrogen and oxygen atoms in total. The van der Waals surface area contributed by atoms with Gasteiger partial charge in [0.15, 0.2) is 0 Å². The van der Waals surface area contributed by atoms with Gasteiger partial charge in [-0.15, -0.1) is 0 Å². The second-order valence-electron chi connectivity index (χ2n) is 6.24. The minimum absolute atomic E-state index is 0.0833. The maximum absolute atomic E-state index is 12.5. The van der Waals surface area contributed by atoms with Gasteiger partial charge in [0.05, 0.1) is 6.54 Å². The van der Waals surface area contributed by atoms with Crippen molar-refractivity contribution in [1.29, 1.82) is 0 Å². The normalized spacial score (nSPS) is 11.2. The highest BCUT2D eigenvalue weighted by atomic mass is 35.5. The van der Waals surface area contributed by atoms with Crippen LogP contribution in [0.3, 0.4) is 0 Å². The fourth-order valence-corrected chi connectivity index (χ4v) is 2.05. The number of nitrogens with zero attached hydrogens (tertiary/aromatic N) is 3. The smallest absolute Gasteiger partial charge is 0.416 e. The van der Waals surface area contributed by atoms with Gasteiger partial charge in [0.2, 0.25) is 5.28 Å². The first kappa shape index (κ1) is 17.2. The van der Waals surface area contributed by atoms with Crippen molar-refractivity contribution in [3.63, 3.8) is 0 Å². The minimum Gasteiger partial charge on any atom is -0.443 e. The van der Waals surface area contributed by atoms with Crippen LogP contribution in [0.4, 0.5) is 10.6 Å². The molecule has 0 aliphatic heterocycles. The summed E-state index contributed by atoms with van der Waals surface area (Å²) in [6.45, 7) is 7.81. The largest absolute Gasteiger partial charge is 0.443 e. The summed E-state index contributed by atoms with van der Waals surface area (Å²) in [4.78, 5) is 22.0. The molecular formula is C17H20ClN3O2. The number of hydrogen-bond donors (Lipinski definition) is 0. The number of carbonyl (C=O) groups is 1. The third kappa shape index (κ3) is 5.21. The Labute approximate surface area is 141 Å². The molecule has 0 aliphatic rings. The quantitative estimate of drug-likeness (QED) is 0.782. The van der Waals surface area contributed by atoms with E-state index >= 15 is 0 Å². The Balaban J connectivity index is 2.30. The average molecular weight is 334 g/mol. The third-order valence-electron chi connectivity index (χ3n) is 2.96. The lowest BCUT2D eigenvalue weighted by Crippen LogP contribution is -2.37. The van der Waals surface area contributed by atoms with Crippen LogP contribution in [0.1, 0.15) is 31.9 Å². The van der Waals surface area contributed by atoms with E-state index in [4.69, 9.17) is 16.3 Å². The summed E-state index contributed by atoms with van der Waals surface area (Å²) in [6.07, 6.45) is 1.03. The molecule has 0 aliphatic carbocycles. The molecule has 0 atom stereocenters. The molecule has 1 aromatic heterocycles. The first-order valence-electron chi connectivity index (χ1n) is 7.29. The standard InChI is InChI=1S/C17H20ClN3O2/c1-12-5-7-13(8-6-12)11-21(16(22)23-17(2,3)4)14-9-10-19-15(18)20-14/h5-10H,11H2,1-4H3. The third-order valence-corrected chi connectivity index (χ3v) is 3.15. The lowest BCUT2D eigenvalue weighted by Gasteiger charge is -2.26. The number of rotatable bonds is 3. The molecule has 23 heavy (non-hydrogen) atoms. The van der Waals surface area contributed by atoms with Crippen LogP contribution < -0.4 is 4.90 Å². The molecule has 0 saturated heterocycles. The van der Waals surface area contributed by atoms with Crippen molar-refractivity contribution in [2.75, 3.05) is 4.90 Å². The van der Waals surface area contributed by atoms with Gasteiger partial charge < -0.3 is 4.74 Å². The molecule has 1 heterocycles. The van der Waals surface area contributed by atoms with E-state index < -0.39 is 11.7 Å². The van der Waals surface area contributed by atoms with Crippen LogP contribution in [0.15, 0.2) is 36.5 Å². The van der Waals surface area contributed by atoms with Crippen molar-refractivity contribution in [2.45, 2.75) is 39.8 Å². The van der Waals surface area contributed by atoms with Crippen LogP contribution in [-0.2, 0) is 11.3 Å². The van der Waals surface area contributed by atoms with Crippen LogP contribution in [0, 0.1) is 6.92 Å². The maximum atomic E-state index is 12.5. The Morgan fingerprint density at radius 3 is 2.43 bits per heavy atom. The molecular weight excluding hydrogens is 314 g/mol. The second-order valence-corrected chi connectivity index (χ2v) is 6.57. The van der Waals surface area contributed by atoms with E-state index in [0.29, 0.717) is 12.4 Å². The van der Waals surface area contributed by atoms with Gasteiger partial charge >= 0.3 is 6.09 Å². The van der Waals surface area contributed by atoms with Crippen molar-refractivity contribution >= 4 is 23.5 Å². The zero-order valence-corrected chi connectivity index (χ0v) is 14.5. The summed E-state index contributed by atoms with van der Waals surface area (Å²) in [5.74, 6) is 0.403. The minimum atomic E-state index is -0.598. The lowest BCUT2D eigenvalue weighted by molar-refractivity contribution is 0.0576. The van der Waals surface area contributed by atoms with E-state index in [1.165, 1.54) is 11.1 Å². The highest BCUT2D eigenvalue weighted by Gasteiger charge is 2.24. The highest BCUT2D eigenvalue weighted by molar-refractivity contribution is 6.28. The summed E-state index contributed by atoms with van der Waals surface area (Å²) in [5.41, 5.74) is 1.53. The van der Waals surface area contributed by atoms with Crippen molar-refractivity contribution < 1.29 is 9.53 Å². The molecule has 0 bridgehead atoms. The van der Waals surface area contributed by atoms with E-state index in [-0.39, 0.29) is 5.28 Å². The predicted molar refractivity (Wildman–Crippen MR) is 90.6 cm³/mol. The van der Waals surface area contributed by atoms with Crippen LogP contribution in [0.25, 0.3) is 0 Å². The van der Waals surface area contributed by atoms with Gasteiger partial charge in [-0.05, 0) is 50.9 Å². The number of hydrogen-bond acceptors (Lipinski definition) is 4. The van der Waals surface area contributed by atoms with Crippen LogP contribution in [0.5, 0.6) is 0 Å². The van der Waals surface area contributed by atoms with Crippen molar-refractivity contribution in [1.82, 2.24) is 9.97 Å². The number of benzene rings is 1. The van der Waals surface area contributed by atoms with Gasteiger partial charge in [-0.3, -0.25) is 4.90 Å². The van der Waals surface area contributed by atoms with E-state index in [1.54, 1.807) is 6.07 Å². The summed E-state index contributed by atoms with van der Waals surface area (Å²) in [5, 5.41) is 0.0833. The fourth-order valence-electron chi connectivity index (χ4n) is 1.91. The van der Waals surface area contributed by atoms with Crippen LogP contribution in [0.2, 0.25) is 5.28 Å². The molecule has 2 aromatic rings. The maximum Gasteiger partial charge on any atom is 0.416 e. The number of aryl methyl sites for hydroxylation is 1. The van der Waals surface area contributed by atoms with Gasteiger partial charge in [-0.2, -0.15) is 0 Å². The van der Waals surface area contributed by atoms with Gasteiger partial charge in [-0.25, -0.2) is 14.8 Å². The number of carbonyl (C=O) groups excluding carboxylic acids is 1. The molecule has 0 fully saturated rings. The molecule has 1 amide bonds. The highest BCUT2D eigenvalue weighted by Crippen LogP contribution is 2.20. The molecule has 6 heteroatoms. The van der Waals surface area contributed by atoms with Crippen LogP contribution in [-0.4, -0.2) is 21.7 Å². The summed E-state index contributed by atoms with van der Waals surface area (Å²) in [6, 6.07) is 9.56. The van der Waals surface area contributed by atoms with E-state index in [1.807, 2.05) is 52.0 Å². The second kappa shape index (κ2) is 6.96. The molecule has 2 rings (SSSR count). The molecule has 1 aromatic carbocycles. The summed E-state index contributed by atoms with van der Waals surface area (Å²) >= 11 is 5.85. The summed E-state index contributed by atoms with van der Waals surface area (Å²) < 4.78 is 5.47. The van der Waals surface area contributed by atoms with Crippen LogP contribution >= 0.6 is 11.6 Å². The monoisotopic (exact) mass is 333 g/mol. The van der Waals surface area contributed by atoms with Crippen molar-refractivity contribution in [3.8, 4) is 0 Å². The molecule has 122 valence electrons. The lowest BCUT2D eigenvalue weighted by atomic mass is 10.1. The molecule has 0 saturated carbocycles. The first-order chi connectivity index (χ1) is 10.7. The van der Waals surface area contributed by atoms with Crippen molar-refractivity contribution in [2.24, 2.45) is 0 Å². The Hall–Kier alpha value is -2.14. The molecule has 0 spiro atoms. The molecule has 0 N–H and O–H groups in total. The number of aromatic nitrogens is 2. The number of anilines is 1. The molecule has 0 radical (unpaired) electrons. The van der Waals surface area contributed by atoms with Gasteiger partial charge in [0.25, 0.3) is 0 Å². The Morgan fingerprint density at radius 2 is 1.87 bits per heavy atom. The Bertz CT molecular complexity index is 681. The van der Waals surface area contributed by atoms with Gasteiger partial charge in [-0.1, -0.05) is 29.8 Å². The Kier molecular flexibility index (Phi) is 5.21. The number of ether oxygens (including phenoxy) is 1. The van der Waals surface area contributed by atoms with Gasteiger partial charge in [0, 0.05) is 6.20 Å². The predicted octanol–water partition coefficient (Wildman–Crippen LogP) is 4.38. The van der Waals surface area contributed by atoms with E-state index in [9.17, 15) is 4.79 Å². The SMILES string of the molecule is Cc1ccc(CN(C(=O)OC(C)(C)C)c2ccnc(Cl)n2)cc1. The van der Waals surface area contributed by atoms with E-state index in [2.05, 4.69) is 9.97 Å². The first-order valence-corrected chi connectivity index (χ1v) is 7.67. The number of halogens is 1. The zero-order chi connectivity index (χ0) is 17.0.